The van der Waals surface area contributed by atoms with Gasteiger partial charge in [0.05, 0.1) is 0 Å². The third-order valence-corrected chi connectivity index (χ3v) is 2.18. The van der Waals surface area contributed by atoms with E-state index in [1.165, 1.54) is 14.0 Å². The molecule has 0 unspecified atom stereocenters. The predicted molar refractivity (Wildman–Crippen MR) is 59.4 cm³/mol. The Hall–Kier alpha value is -2.49. The Morgan fingerprint density at radius 2 is 1.74 bits per heavy atom. The molecule has 5 amide bonds. The molecule has 1 saturated heterocycles. The van der Waals surface area contributed by atoms with Gasteiger partial charge in [0, 0.05) is 6.92 Å². The van der Waals surface area contributed by atoms with Gasteiger partial charge in [0.25, 0.3) is 17.4 Å². The molecule has 1 heterocycles. The SMILES string of the molecule is CO/N=C(\C)C1(ONC(C)=O)C(=O)NC(=O)NC1=O. The van der Waals surface area contributed by atoms with Gasteiger partial charge in [-0.25, -0.2) is 15.1 Å². The van der Waals surface area contributed by atoms with Crippen molar-refractivity contribution in [3.63, 3.8) is 0 Å². The van der Waals surface area contributed by atoms with Crippen LogP contribution in [0.25, 0.3) is 0 Å². The van der Waals surface area contributed by atoms with Crippen LogP contribution in [0.4, 0.5) is 4.79 Å². The molecule has 0 aromatic heterocycles. The van der Waals surface area contributed by atoms with E-state index in [1.807, 2.05) is 16.1 Å². The molecule has 1 rings (SSSR count). The van der Waals surface area contributed by atoms with Crippen molar-refractivity contribution in [3.8, 4) is 0 Å². The maximum atomic E-state index is 11.9. The second-order valence-electron chi connectivity index (χ2n) is 3.54. The Morgan fingerprint density at radius 3 is 2.16 bits per heavy atom. The number of barbiturate groups is 1. The predicted octanol–water partition coefficient (Wildman–Crippen LogP) is -1.82. The fourth-order valence-electron chi connectivity index (χ4n) is 1.36. The molecule has 0 atom stereocenters. The molecule has 19 heavy (non-hydrogen) atoms. The highest BCUT2D eigenvalue weighted by Gasteiger charge is 2.56. The molecule has 0 radical (unpaired) electrons. The minimum absolute atomic E-state index is 0.203. The van der Waals surface area contributed by atoms with Gasteiger partial charge in [-0.15, -0.1) is 0 Å². The van der Waals surface area contributed by atoms with E-state index in [1.54, 1.807) is 0 Å². The number of hydrogen-bond donors (Lipinski definition) is 3. The standard InChI is InChI=1S/C9H12N4O6/c1-4(12-18-3)9(19-13-5(2)14)6(15)10-8(17)11-7(9)16/h1-3H3,(H,13,14)(H2,10,11,15,16,17)/b12-4+. The minimum Gasteiger partial charge on any atom is -0.399 e. The third kappa shape index (κ3) is 2.68. The summed E-state index contributed by atoms with van der Waals surface area (Å²) in [7, 11) is 1.19. The maximum Gasteiger partial charge on any atom is 0.328 e. The number of rotatable bonds is 4. The van der Waals surface area contributed by atoms with E-state index in [0.717, 1.165) is 6.92 Å². The molecular formula is C9H12N4O6. The number of imide groups is 2. The normalized spacial score (nSPS) is 18.5. The topological polar surface area (TPSA) is 135 Å². The summed E-state index contributed by atoms with van der Waals surface area (Å²) in [6.45, 7) is 2.38. The van der Waals surface area contributed by atoms with Gasteiger partial charge in [-0.3, -0.25) is 25.0 Å². The molecule has 10 nitrogen and oxygen atoms in total. The number of nitrogens with one attached hydrogen (secondary N) is 3. The van der Waals surface area contributed by atoms with Crippen molar-refractivity contribution in [1.29, 1.82) is 0 Å². The Labute approximate surface area is 107 Å². The molecule has 0 spiro atoms. The summed E-state index contributed by atoms with van der Waals surface area (Å²) >= 11 is 0. The zero-order chi connectivity index (χ0) is 14.6. The average molecular weight is 272 g/mol. The van der Waals surface area contributed by atoms with Gasteiger partial charge in [-0.05, 0) is 6.92 Å². The summed E-state index contributed by atoms with van der Waals surface area (Å²) in [6.07, 6.45) is 0. The van der Waals surface area contributed by atoms with Gasteiger partial charge in [0.15, 0.2) is 0 Å². The van der Waals surface area contributed by atoms with Crippen molar-refractivity contribution in [3.05, 3.63) is 0 Å². The Morgan fingerprint density at radius 1 is 1.21 bits per heavy atom. The van der Waals surface area contributed by atoms with E-state index >= 15 is 0 Å². The molecule has 3 N–H and O–H groups in total. The Bertz CT molecular complexity index is 451. The first-order valence-corrected chi connectivity index (χ1v) is 5.04. The fraction of sp³-hybridized carbons (Fsp3) is 0.444. The van der Waals surface area contributed by atoms with Gasteiger partial charge in [0.1, 0.15) is 12.8 Å². The Kier molecular flexibility index (Phi) is 4.17. The van der Waals surface area contributed by atoms with E-state index < -0.39 is 29.4 Å². The number of hydroxylamine groups is 1. The van der Waals surface area contributed by atoms with Crippen LogP contribution in [0, 0.1) is 0 Å². The van der Waals surface area contributed by atoms with Crippen LogP contribution in [0.5, 0.6) is 0 Å². The summed E-state index contributed by atoms with van der Waals surface area (Å²) in [4.78, 5) is 54.9. The molecule has 0 aliphatic carbocycles. The first kappa shape index (κ1) is 14.6. The van der Waals surface area contributed by atoms with Crippen molar-refractivity contribution in [1.82, 2.24) is 16.1 Å². The number of hydrogen-bond acceptors (Lipinski definition) is 7. The first-order valence-electron chi connectivity index (χ1n) is 5.04. The highest BCUT2D eigenvalue weighted by molar-refractivity contribution is 6.34. The summed E-state index contributed by atoms with van der Waals surface area (Å²) < 4.78 is 0. The van der Waals surface area contributed by atoms with Crippen LogP contribution in [-0.2, 0) is 24.1 Å². The van der Waals surface area contributed by atoms with E-state index in [0.29, 0.717) is 0 Å². The summed E-state index contributed by atoms with van der Waals surface area (Å²) in [5.74, 6) is -2.83. The van der Waals surface area contributed by atoms with Crippen LogP contribution in [-0.4, -0.2) is 42.2 Å². The first-order chi connectivity index (χ1) is 8.84. The zero-order valence-corrected chi connectivity index (χ0v) is 10.4. The number of amides is 5. The minimum atomic E-state index is -2.31. The molecule has 0 aromatic rings. The van der Waals surface area contributed by atoms with Crippen molar-refractivity contribution in [2.45, 2.75) is 19.4 Å². The molecule has 1 aliphatic rings. The van der Waals surface area contributed by atoms with Crippen molar-refractivity contribution >= 4 is 29.5 Å². The number of urea groups is 1. The lowest BCUT2D eigenvalue weighted by Gasteiger charge is -2.32. The Balaban J connectivity index is 3.20. The van der Waals surface area contributed by atoms with Crippen LogP contribution in [0.15, 0.2) is 5.16 Å². The van der Waals surface area contributed by atoms with Gasteiger partial charge in [-0.1, -0.05) is 5.16 Å². The van der Waals surface area contributed by atoms with E-state index in [9.17, 15) is 19.2 Å². The van der Waals surface area contributed by atoms with Crippen molar-refractivity contribution in [2.24, 2.45) is 5.16 Å². The smallest absolute Gasteiger partial charge is 0.328 e. The largest absolute Gasteiger partial charge is 0.399 e. The van der Waals surface area contributed by atoms with Gasteiger partial charge < -0.3 is 4.84 Å². The average Bonchev–Trinajstić information content (AvgIpc) is 2.28. The maximum absolute atomic E-state index is 11.9. The summed E-state index contributed by atoms with van der Waals surface area (Å²) in [5, 5.41) is 7.11. The lowest BCUT2D eigenvalue weighted by Crippen LogP contribution is -2.71. The second-order valence-corrected chi connectivity index (χ2v) is 3.54. The molecule has 0 saturated carbocycles. The van der Waals surface area contributed by atoms with E-state index in [-0.39, 0.29) is 5.71 Å². The molecule has 104 valence electrons. The van der Waals surface area contributed by atoms with Gasteiger partial charge >= 0.3 is 6.03 Å². The molecular weight excluding hydrogens is 260 g/mol. The zero-order valence-electron chi connectivity index (χ0n) is 10.4. The fourth-order valence-corrected chi connectivity index (χ4v) is 1.36. The highest BCUT2D eigenvalue weighted by Crippen LogP contribution is 2.17. The molecule has 0 bridgehead atoms. The van der Waals surface area contributed by atoms with Crippen LogP contribution in [0.2, 0.25) is 0 Å². The van der Waals surface area contributed by atoms with Crippen molar-refractivity contribution < 1.29 is 28.9 Å². The molecule has 0 aromatic carbocycles. The molecule has 1 aliphatic heterocycles. The van der Waals surface area contributed by atoms with Crippen LogP contribution < -0.4 is 16.1 Å². The van der Waals surface area contributed by atoms with Gasteiger partial charge in [0.2, 0.25) is 5.91 Å². The van der Waals surface area contributed by atoms with E-state index in [4.69, 9.17) is 4.84 Å². The number of oxime groups is 1. The lowest BCUT2D eigenvalue weighted by atomic mass is 9.94. The lowest BCUT2D eigenvalue weighted by molar-refractivity contribution is -0.165. The highest BCUT2D eigenvalue weighted by atomic mass is 16.7. The molecule has 10 heteroatoms. The number of carbonyl (C=O) groups excluding carboxylic acids is 4. The van der Waals surface area contributed by atoms with Crippen molar-refractivity contribution in [2.75, 3.05) is 7.11 Å². The van der Waals surface area contributed by atoms with Crippen LogP contribution in [0.3, 0.4) is 0 Å². The summed E-state index contributed by atoms with van der Waals surface area (Å²) in [6, 6.07) is -0.998. The summed E-state index contributed by atoms with van der Waals surface area (Å²) in [5.41, 5.74) is -0.650. The number of carbonyl (C=O) groups is 4. The second kappa shape index (κ2) is 5.44. The van der Waals surface area contributed by atoms with Gasteiger partial charge in [-0.2, -0.15) is 0 Å². The number of nitrogens with zero attached hydrogens (tertiary/aromatic N) is 1. The van der Waals surface area contributed by atoms with E-state index in [2.05, 4.69) is 9.99 Å². The molecule has 1 fully saturated rings. The third-order valence-electron chi connectivity index (χ3n) is 2.18. The quantitative estimate of drug-likeness (QED) is 0.313. The van der Waals surface area contributed by atoms with Crippen LogP contribution in [0.1, 0.15) is 13.8 Å². The monoisotopic (exact) mass is 272 g/mol. The van der Waals surface area contributed by atoms with Crippen LogP contribution >= 0.6 is 0 Å².